The molecule has 0 spiro atoms. The van der Waals surface area contributed by atoms with Gasteiger partial charge in [0.05, 0.1) is 63.3 Å². The zero-order valence-corrected chi connectivity index (χ0v) is 52.7. The molecule has 0 saturated carbocycles. The Labute approximate surface area is 488 Å². The van der Waals surface area contributed by atoms with E-state index in [2.05, 4.69) is 126 Å². The van der Waals surface area contributed by atoms with Crippen LogP contribution >= 0.6 is 0 Å². The molecule has 0 bridgehead atoms. The van der Waals surface area contributed by atoms with Crippen LogP contribution in [-0.4, -0.2) is 191 Å². The van der Waals surface area contributed by atoms with Gasteiger partial charge in [-0.15, -0.1) is 0 Å². The van der Waals surface area contributed by atoms with Crippen LogP contribution in [0.4, 0.5) is 5.69 Å². The summed E-state index contributed by atoms with van der Waals surface area (Å²) in [6.45, 7) is 21.7. The van der Waals surface area contributed by atoms with Crippen molar-refractivity contribution in [3.8, 4) is 0 Å². The maximum absolute atomic E-state index is 12.2. The van der Waals surface area contributed by atoms with Crippen molar-refractivity contribution in [2.24, 2.45) is 35.0 Å². The van der Waals surface area contributed by atoms with Crippen LogP contribution in [0, 0.1) is 24.7 Å². The van der Waals surface area contributed by atoms with E-state index in [9.17, 15) is 28.8 Å². The summed E-state index contributed by atoms with van der Waals surface area (Å²) in [5.74, 6) is 1.55. The standard InChI is InChI=1S/C18H29N3O3.C15H31NO2.C7H17N.C7H8.C4H8N2O2.2C3H7NO.2CH3NO/c1-20-12-24-17(14-5-7-15(19)8-6-14)9-10-18(23-2)16-4-3-11-21(16)13-22;1-8-12(5)15(13(9-2)18-7)16(6)14(17)10-11(3)4;1-6(2)7(3)8(4)5;1-7-5-3-2-4-6-7;5-3-4(8)6-1-2-7;2*1-4-2-3-5;2*2-1-3/h5-8,13,16-18,20H,3-4,9-12,19H2,1-2H3;11-13,15H,8-10H2,1-7H3;6-7H,1-5H3;2-6H,1H3;2H,1,3,5H2,(H,6,8);2*3-4H,2H2,1H3;2*1H,(H2,2,3). The first-order chi connectivity index (χ1) is 38.5. The molecule has 7 unspecified atom stereocenters. The molecule has 0 aliphatic carbocycles. The number of primary amides is 2. The number of aryl methyl sites for hydroxylation is 1. The molecule has 22 nitrogen and oxygen atoms in total. The lowest BCUT2D eigenvalue weighted by atomic mass is 9.91. The summed E-state index contributed by atoms with van der Waals surface area (Å²) in [6.07, 6.45) is 10.1. The van der Waals surface area contributed by atoms with Gasteiger partial charge in [-0.05, 0) is 117 Å². The molecule has 1 fully saturated rings. The second-order valence-electron chi connectivity index (χ2n) is 19.4. The largest absolute Gasteiger partial charge is 0.399 e. The van der Waals surface area contributed by atoms with Crippen LogP contribution in [-0.2, 0) is 52.6 Å². The smallest absolute Gasteiger partial charge is 0.234 e. The Morgan fingerprint density at radius 3 is 1.59 bits per heavy atom. The number of rotatable bonds is 27. The van der Waals surface area contributed by atoms with E-state index in [1.54, 1.807) is 28.3 Å². The normalized spacial score (nSPS) is 13.9. The van der Waals surface area contributed by atoms with Crippen LogP contribution in [0.5, 0.6) is 0 Å². The number of anilines is 1. The number of ether oxygens (including phenoxy) is 3. The highest BCUT2D eigenvalue weighted by atomic mass is 16.5. The topological polar surface area (TPSA) is 326 Å². The van der Waals surface area contributed by atoms with Gasteiger partial charge in [0, 0.05) is 46.0 Å². The number of nitrogen functional groups attached to an aromatic ring is 1. The average Bonchev–Trinajstić information content (AvgIpc) is 3.93. The fraction of sp³-hybridized carbons (Fsp3) is 0.661. The van der Waals surface area contributed by atoms with Crippen LogP contribution in [0.2, 0.25) is 0 Å². The molecule has 3 rings (SSSR count). The van der Waals surface area contributed by atoms with Gasteiger partial charge >= 0.3 is 0 Å². The SMILES string of the molecule is CC(C)C(C)N(C)C.CCC(C)C(C(CC)OC)N(C)C(=O)CC(C)C.CNCC=O.CNCC=O.CNCOC(CCC(OC)C1CCCN1C=O)c1ccc(N)cc1.Cc1ccccc1.NC=O.NC=O.NCC(=O)NCC=O. The van der Waals surface area contributed by atoms with Gasteiger partial charge in [-0.3, -0.25) is 29.3 Å². The van der Waals surface area contributed by atoms with Crippen molar-refractivity contribution < 1.29 is 52.6 Å². The Bertz CT molecular complexity index is 1740. The molecule has 1 aliphatic rings. The van der Waals surface area contributed by atoms with Crippen LogP contribution in [0.15, 0.2) is 54.6 Å². The van der Waals surface area contributed by atoms with E-state index in [1.807, 2.05) is 66.4 Å². The monoisotopic (exact) mass is 1150 g/mol. The third-order valence-corrected chi connectivity index (χ3v) is 12.3. The number of likely N-dealkylation sites (N-methyl/N-ethyl adjacent to an activating group) is 3. The average molecular weight is 1150 g/mol. The Morgan fingerprint density at radius 1 is 0.753 bits per heavy atom. The lowest BCUT2D eigenvalue weighted by Crippen LogP contribution is -2.49. The minimum Gasteiger partial charge on any atom is -0.399 e. The highest BCUT2D eigenvalue weighted by Crippen LogP contribution is 2.29. The first-order valence-electron chi connectivity index (χ1n) is 27.7. The number of amides is 5. The fourth-order valence-corrected chi connectivity index (χ4v) is 7.34. The summed E-state index contributed by atoms with van der Waals surface area (Å²) in [7, 11) is 14.9. The van der Waals surface area contributed by atoms with Crippen LogP contribution in [0.1, 0.15) is 118 Å². The maximum Gasteiger partial charge on any atom is 0.234 e. The first kappa shape index (κ1) is 86.5. The highest BCUT2D eigenvalue weighted by molar-refractivity contribution is 5.79. The van der Waals surface area contributed by atoms with Gasteiger partial charge in [-0.25, -0.2) is 0 Å². The minimum absolute atomic E-state index is 0.0261. The number of benzene rings is 2. The van der Waals surface area contributed by atoms with Crippen LogP contribution < -0.4 is 44.2 Å². The van der Waals surface area contributed by atoms with Gasteiger partial charge in [-0.2, -0.15) is 0 Å². The third-order valence-electron chi connectivity index (χ3n) is 12.3. The summed E-state index contributed by atoms with van der Waals surface area (Å²) in [4.78, 5) is 85.0. The molecule has 1 heterocycles. The van der Waals surface area contributed by atoms with Crippen molar-refractivity contribution in [1.29, 1.82) is 0 Å². The predicted molar refractivity (Wildman–Crippen MR) is 329 cm³/mol. The molecule has 2 aromatic carbocycles. The van der Waals surface area contributed by atoms with Crippen LogP contribution in [0.25, 0.3) is 0 Å². The molecule has 81 heavy (non-hydrogen) atoms. The maximum atomic E-state index is 12.2. The first-order valence-corrected chi connectivity index (χ1v) is 27.7. The zero-order chi connectivity index (χ0) is 63.6. The van der Waals surface area contributed by atoms with E-state index in [-0.39, 0.29) is 68.1 Å². The number of likely N-dealkylation sites (tertiary alicyclic amines) is 1. The summed E-state index contributed by atoms with van der Waals surface area (Å²) in [5.41, 5.74) is 22.2. The minimum atomic E-state index is -0.308. The van der Waals surface area contributed by atoms with Gasteiger partial charge in [0.2, 0.25) is 31.0 Å². The van der Waals surface area contributed by atoms with Crippen molar-refractivity contribution in [2.45, 2.75) is 144 Å². The number of nitrogens with one attached hydrogen (secondary N) is 4. The quantitative estimate of drug-likeness (QED) is 0.0354. The number of nitrogens with zero attached hydrogens (tertiary/aromatic N) is 3. The molecular weight excluding hydrogens is 1040 g/mol. The molecular formula is C59H113N11O11. The van der Waals surface area contributed by atoms with Gasteiger partial charge < -0.3 is 82.2 Å². The van der Waals surface area contributed by atoms with E-state index < -0.39 is 0 Å². The van der Waals surface area contributed by atoms with Gasteiger partial charge in [0.25, 0.3) is 0 Å². The predicted octanol–water partition coefficient (Wildman–Crippen LogP) is 4.11. The number of hydrogen-bond donors (Lipinski definition) is 8. The third kappa shape index (κ3) is 50.9. The molecule has 12 N–H and O–H groups in total. The number of hydrogen-bond acceptors (Lipinski definition) is 17. The molecule has 1 aliphatic heterocycles. The van der Waals surface area contributed by atoms with Crippen molar-refractivity contribution in [3.05, 3.63) is 65.7 Å². The summed E-state index contributed by atoms with van der Waals surface area (Å²) >= 11 is 0. The summed E-state index contributed by atoms with van der Waals surface area (Å²) < 4.78 is 17.2. The summed E-state index contributed by atoms with van der Waals surface area (Å²) in [6, 6.07) is 19.1. The molecule has 470 valence electrons. The molecule has 0 radical (unpaired) electrons. The molecule has 22 heteroatoms. The van der Waals surface area contributed by atoms with Crippen molar-refractivity contribution in [1.82, 2.24) is 36.0 Å². The Morgan fingerprint density at radius 2 is 1.27 bits per heavy atom. The molecule has 1 saturated heterocycles. The fourth-order valence-electron chi connectivity index (χ4n) is 7.34. The number of aldehydes is 3. The summed E-state index contributed by atoms with van der Waals surface area (Å²) in [5, 5.41) is 10.6. The Hall–Kier alpha value is -5.72. The van der Waals surface area contributed by atoms with Gasteiger partial charge in [-0.1, -0.05) is 103 Å². The second kappa shape index (κ2) is 61.9. The molecule has 0 aromatic heterocycles. The van der Waals surface area contributed by atoms with Crippen molar-refractivity contribution in [2.75, 3.05) is 102 Å². The number of nitrogens with two attached hydrogens (primary N) is 4. The number of carbonyl (C=O) groups is 8. The van der Waals surface area contributed by atoms with Gasteiger partial charge in [0.1, 0.15) is 18.9 Å². The molecule has 5 amide bonds. The number of carbonyl (C=O) groups excluding carboxylic acids is 8. The van der Waals surface area contributed by atoms with E-state index in [4.69, 9.17) is 35.3 Å². The van der Waals surface area contributed by atoms with Crippen molar-refractivity contribution in [3.63, 3.8) is 0 Å². The molecule has 7 atom stereocenters. The Balaban J connectivity index is -0.000000216. The number of methoxy groups -OCH3 is 2. The van der Waals surface area contributed by atoms with Gasteiger partial charge in [0.15, 0.2) is 0 Å². The van der Waals surface area contributed by atoms with E-state index in [1.165, 1.54) is 5.56 Å². The highest BCUT2D eigenvalue weighted by Gasteiger charge is 2.32. The molecule has 2 aromatic rings. The lowest BCUT2D eigenvalue weighted by Gasteiger charge is -2.37. The van der Waals surface area contributed by atoms with E-state index in [0.717, 1.165) is 81.2 Å². The van der Waals surface area contributed by atoms with E-state index >= 15 is 0 Å². The zero-order valence-electron chi connectivity index (χ0n) is 52.7. The van der Waals surface area contributed by atoms with E-state index in [0.29, 0.717) is 50.4 Å². The van der Waals surface area contributed by atoms with Crippen LogP contribution in [0.3, 0.4) is 0 Å². The second-order valence-corrected chi connectivity index (χ2v) is 19.4. The lowest BCUT2D eigenvalue weighted by molar-refractivity contribution is -0.137. The Kier molecular flexibility index (Phi) is 66.1. The van der Waals surface area contributed by atoms with Crippen molar-refractivity contribution >= 4 is 55.6 Å².